The van der Waals surface area contributed by atoms with Crippen molar-refractivity contribution in [3.8, 4) is 5.75 Å². The number of methoxy groups -OCH3 is 1. The smallest absolute Gasteiger partial charge is 0.228 e. The Morgan fingerprint density at radius 1 is 1.53 bits per heavy atom. The van der Waals surface area contributed by atoms with Crippen LogP contribution >= 0.6 is 15.9 Å². The van der Waals surface area contributed by atoms with Gasteiger partial charge in [-0.1, -0.05) is 6.07 Å². The molecule has 1 fully saturated rings. The molecule has 80 valence electrons. The molecule has 4 heteroatoms. The van der Waals surface area contributed by atoms with Crippen molar-refractivity contribution in [2.75, 3.05) is 7.11 Å². The summed E-state index contributed by atoms with van der Waals surface area (Å²) in [5, 5.41) is 0. The molecule has 0 spiro atoms. The lowest BCUT2D eigenvalue weighted by Crippen LogP contribution is -2.28. The molecule has 0 aliphatic heterocycles. The van der Waals surface area contributed by atoms with Gasteiger partial charge in [0.15, 0.2) is 0 Å². The van der Waals surface area contributed by atoms with E-state index in [0.29, 0.717) is 0 Å². The van der Waals surface area contributed by atoms with E-state index in [1.165, 1.54) is 0 Å². The van der Waals surface area contributed by atoms with Crippen molar-refractivity contribution in [2.45, 2.75) is 18.3 Å². The fourth-order valence-electron chi connectivity index (χ4n) is 1.76. The summed E-state index contributed by atoms with van der Waals surface area (Å²) < 4.78 is 6.07. The van der Waals surface area contributed by atoms with E-state index < -0.39 is 5.41 Å². The third kappa shape index (κ3) is 1.63. The minimum absolute atomic E-state index is 0.244. The Bertz CT molecular complexity index is 413. The molecule has 3 nitrogen and oxygen atoms in total. The number of benzene rings is 1. The normalized spacial score (nSPS) is 17.2. The second-order valence-electron chi connectivity index (χ2n) is 3.80. The van der Waals surface area contributed by atoms with Crippen LogP contribution in [0.1, 0.15) is 18.4 Å². The molecule has 0 saturated heterocycles. The summed E-state index contributed by atoms with van der Waals surface area (Å²) >= 11 is 3.37. The fourth-order valence-corrected chi connectivity index (χ4v) is 2.17. The summed E-state index contributed by atoms with van der Waals surface area (Å²) in [6.45, 7) is 0. The Hall–Kier alpha value is -1.03. The van der Waals surface area contributed by atoms with Crippen LogP contribution in [0.5, 0.6) is 5.75 Å². The van der Waals surface area contributed by atoms with Gasteiger partial charge in [-0.15, -0.1) is 0 Å². The number of hydrogen-bond acceptors (Lipinski definition) is 2. The molecule has 1 aromatic carbocycles. The van der Waals surface area contributed by atoms with E-state index >= 15 is 0 Å². The number of ether oxygens (including phenoxy) is 1. The van der Waals surface area contributed by atoms with Crippen molar-refractivity contribution >= 4 is 21.8 Å². The van der Waals surface area contributed by atoms with Gasteiger partial charge in [-0.2, -0.15) is 0 Å². The molecule has 0 radical (unpaired) electrons. The molecule has 1 aromatic rings. The van der Waals surface area contributed by atoms with Crippen LogP contribution < -0.4 is 10.5 Å². The predicted molar refractivity (Wildman–Crippen MR) is 60.8 cm³/mol. The first-order chi connectivity index (χ1) is 7.10. The van der Waals surface area contributed by atoms with E-state index in [1.54, 1.807) is 7.11 Å². The lowest BCUT2D eigenvalue weighted by atomic mass is 9.95. The van der Waals surface area contributed by atoms with Crippen molar-refractivity contribution < 1.29 is 9.53 Å². The maximum absolute atomic E-state index is 11.3. The molecule has 0 heterocycles. The van der Waals surface area contributed by atoms with Gasteiger partial charge in [0.05, 0.1) is 17.0 Å². The maximum Gasteiger partial charge on any atom is 0.228 e. The fraction of sp³-hybridized carbons (Fsp3) is 0.364. The average molecular weight is 270 g/mol. The molecule has 0 unspecified atom stereocenters. The largest absolute Gasteiger partial charge is 0.496 e. The van der Waals surface area contributed by atoms with Crippen LogP contribution in [0.15, 0.2) is 22.7 Å². The maximum atomic E-state index is 11.3. The minimum Gasteiger partial charge on any atom is -0.496 e. The van der Waals surface area contributed by atoms with Gasteiger partial charge in [0, 0.05) is 0 Å². The van der Waals surface area contributed by atoms with Crippen molar-refractivity contribution in [1.82, 2.24) is 0 Å². The molecule has 2 N–H and O–H groups in total. The molecule has 0 atom stereocenters. The number of nitrogens with two attached hydrogens (primary N) is 1. The van der Waals surface area contributed by atoms with Crippen molar-refractivity contribution in [2.24, 2.45) is 5.73 Å². The number of primary amides is 1. The zero-order valence-electron chi connectivity index (χ0n) is 8.42. The van der Waals surface area contributed by atoms with E-state index in [-0.39, 0.29) is 5.91 Å². The lowest BCUT2D eigenvalue weighted by molar-refractivity contribution is -0.120. The minimum atomic E-state index is -0.437. The molecule has 1 amide bonds. The highest BCUT2D eigenvalue weighted by molar-refractivity contribution is 9.10. The Kier molecular flexibility index (Phi) is 2.46. The van der Waals surface area contributed by atoms with E-state index in [1.807, 2.05) is 18.2 Å². The average Bonchev–Trinajstić information content (AvgIpc) is 2.99. The molecule has 1 aliphatic carbocycles. The summed E-state index contributed by atoms with van der Waals surface area (Å²) in [6, 6.07) is 5.68. The lowest BCUT2D eigenvalue weighted by Gasteiger charge is -2.13. The van der Waals surface area contributed by atoms with E-state index in [0.717, 1.165) is 28.6 Å². The van der Waals surface area contributed by atoms with Crippen LogP contribution in [0.25, 0.3) is 0 Å². The number of amides is 1. The second kappa shape index (κ2) is 3.52. The van der Waals surface area contributed by atoms with Crippen LogP contribution in [0.4, 0.5) is 0 Å². The quantitative estimate of drug-likeness (QED) is 0.913. The van der Waals surface area contributed by atoms with E-state index in [2.05, 4.69) is 15.9 Å². The van der Waals surface area contributed by atoms with Gasteiger partial charge in [0.2, 0.25) is 5.91 Å². The monoisotopic (exact) mass is 269 g/mol. The summed E-state index contributed by atoms with van der Waals surface area (Å²) in [5.74, 6) is 0.493. The Morgan fingerprint density at radius 2 is 2.20 bits per heavy atom. The van der Waals surface area contributed by atoms with E-state index in [9.17, 15) is 4.79 Å². The van der Waals surface area contributed by atoms with Gasteiger partial charge < -0.3 is 10.5 Å². The van der Waals surface area contributed by atoms with Crippen LogP contribution in [0, 0.1) is 0 Å². The zero-order valence-corrected chi connectivity index (χ0v) is 10.0. The third-order valence-electron chi connectivity index (χ3n) is 2.93. The van der Waals surface area contributed by atoms with Crippen molar-refractivity contribution in [3.63, 3.8) is 0 Å². The summed E-state index contributed by atoms with van der Waals surface area (Å²) in [7, 11) is 1.60. The van der Waals surface area contributed by atoms with Crippen LogP contribution in [-0.2, 0) is 10.2 Å². The van der Waals surface area contributed by atoms with Crippen molar-refractivity contribution in [1.29, 1.82) is 0 Å². The SMILES string of the molecule is COc1cc(C2(C(N)=O)CC2)ccc1Br. The van der Waals surface area contributed by atoms with Gasteiger partial charge in [-0.25, -0.2) is 0 Å². The van der Waals surface area contributed by atoms with Crippen LogP contribution in [-0.4, -0.2) is 13.0 Å². The highest BCUT2D eigenvalue weighted by Gasteiger charge is 2.50. The van der Waals surface area contributed by atoms with Gasteiger partial charge in [-0.05, 0) is 46.5 Å². The summed E-state index contributed by atoms with van der Waals surface area (Å²) in [4.78, 5) is 11.3. The number of carbonyl (C=O) groups excluding carboxylic acids is 1. The molecule has 2 rings (SSSR count). The molecule has 1 aliphatic rings. The Morgan fingerprint density at radius 3 is 2.67 bits per heavy atom. The molecular formula is C11H12BrNO2. The Balaban J connectivity index is 2.42. The molecule has 0 bridgehead atoms. The molecule has 15 heavy (non-hydrogen) atoms. The first kappa shape index (κ1) is 10.5. The van der Waals surface area contributed by atoms with Crippen LogP contribution in [0.2, 0.25) is 0 Å². The highest BCUT2D eigenvalue weighted by atomic mass is 79.9. The predicted octanol–water partition coefficient (Wildman–Crippen LogP) is 1.97. The highest BCUT2D eigenvalue weighted by Crippen LogP contribution is 2.49. The van der Waals surface area contributed by atoms with Gasteiger partial charge in [0.25, 0.3) is 0 Å². The number of hydrogen-bond donors (Lipinski definition) is 1. The Labute approximate surface area is 96.7 Å². The zero-order chi connectivity index (χ0) is 11.1. The number of halogens is 1. The summed E-state index contributed by atoms with van der Waals surface area (Å²) in [5.41, 5.74) is 5.92. The molecule has 0 aromatic heterocycles. The summed E-state index contributed by atoms with van der Waals surface area (Å²) in [6.07, 6.45) is 1.68. The standard InChI is InChI=1S/C11H12BrNO2/c1-15-9-6-7(2-3-8(9)12)11(4-5-11)10(13)14/h2-3,6H,4-5H2,1H3,(H2,13,14). The third-order valence-corrected chi connectivity index (χ3v) is 3.58. The second-order valence-corrected chi connectivity index (χ2v) is 4.65. The van der Waals surface area contributed by atoms with E-state index in [4.69, 9.17) is 10.5 Å². The van der Waals surface area contributed by atoms with Gasteiger partial charge in [-0.3, -0.25) is 4.79 Å². The molecule has 1 saturated carbocycles. The first-order valence-electron chi connectivity index (χ1n) is 4.74. The number of rotatable bonds is 3. The first-order valence-corrected chi connectivity index (χ1v) is 5.53. The topological polar surface area (TPSA) is 52.3 Å². The molecular weight excluding hydrogens is 258 g/mol. The van der Waals surface area contributed by atoms with Crippen LogP contribution in [0.3, 0.4) is 0 Å². The number of carbonyl (C=O) groups is 1. The van der Waals surface area contributed by atoms with Gasteiger partial charge in [0.1, 0.15) is 5.75 Å². The van der Waals surface area contributed by atoms with Crippen molar-refractivity contribution in [3.05, 3.63) is 28.2 Å². The van der Waals surface area contributed by atoms with Gasteiger partial charge >= 0.3 is 0 Å².